The number of rotatable bonds is 7. The highest BCUT2D eigenvalue weighted by Crippen LogP contribution is 2.38. The van der Waals surface area contributed by atoms with Gasteiger partial charge in [-0.25, -0.2) is 9.18 Å². The van der Waals surface area contributed by atoms with Crippen LogP contribution in [0, 0.1) is 5.82 Å². The largest absolute Gasteiger partial charge is 0.442 e. The first kappa shape index (κ1) is 32.6. The Morgan fingerprint density at radius 2 is 1.72 bits per heavy atom. The smallest absolute Gasteiger partial charge is 0.435 e. The minimum atomic E-state index is -2.16. The Bertz CT molecular complexity index is 1700. The van der Waals surface area contributed by atoms with Crippen molar-refractivity contribution in [1.82, 2.24) is 14.3 Å². The topological polar surface area (TPSA) is 87.4 Å². The zero-order valence-electron chi connectivity index (χ0n) is 26.2. The monoisotopic (exact) mass is 670 g/mol. The molecule has 11 heteroatoms. The fourth-order valence-corrected chi connectivity index (χ4v) is 5.95. The molecular formula is C32H40BrFN4O4Si. The molecule has 2 heterocycles. The van der Waals surface area contributed by atoms with Crippen LogP contribution >= 0.6 is 15.9 Å². The number of ether oxygens (including phenoxy) is 1. The fraction of sp³-hybridized carbons (Fsp3) is 0.406. The highest BCUT2D eigenvalue weighted by atomic mass is 79.9. The second kappa shape index (κ2) is 12.0. The Balaban J connectivity index is 1.74. The average molecular weight is 672 g/mol. The van der Waals surface area contributed by atoms with Gasteiger partial charge >= 0.3 is 6.09 Å². The van der Waals surface area contributed by atoms with Crippen molar-refractivity contribution < 1.29 is 18.3 Å². The lowest BCUT2D eigenvalue weighted by atomic mass is 10.0. The first-order valence-corrected chi connectivity index (χ1v) is 17.9. The number of benzene rings is 2. The summed E-state index contributed by atoms with van der Waals surface area (Å²) in [6.07, 6.45) is 1.15. The first-order chi connectivity index (χ1) is 19.9. The number of pyridine rings is 1. The molecule has 0 aliphatic carbocycles. The molecule has 4 rings (SSSR count). The molecule has 1 unspecified atom stereocenters. The Morgan fingerprint density at radius 3 is 2.30 bits per heavy atom. The maximum atomic E-state index is 14.5. The van der Waals surface area contributed by atoms with Crippen LogP contribution in [0.4, 0.5) is 15.0 Å². The van der Waals surface area contributed by atoms with Crippen LogP contribution in [0.1, 0.15) is 53.1 Å². The van der Waals surface area contributed by atoms with E-state index >= 15 is 0 Å². The quantitative estimate of drug-likeness (QED) is 0.199. The van der Waals surface area contributed by atoms with Crippen molar-refractivity contribution in [2.24, 2.45) is 0 Å². The number of hydrogen-bond donors (Lipinski definition) is 1. The molecule has 8 nitrogen and oxygen atoms in total. The van der Waals surface area contributed by atoms with Crippen molar-refractivity contribution in [3.05, 3.63) is 80.9 Å². The van der Waals surface area contributed by atoms with E-state index in [1.165, 1.54) is 16.8 Å². The Kier molecular flexibility index (Phi) is 9.11. The van der Waals surface area contributed by atoms with Crippen molar-refractivity contribution in [3.63, 3.8) is 0 Å². The maximum absolute atomic E-state index is 14.5. The van der Waals surface area contributed by atoms with Gasteiger partial charge in [0.1, 0.15) is 11.4 Å². The predicted molar refractivity (Wildman–Crippen MR) is 176 cm³/mol. The molecule has 0 aliphatic heterocycles. The second-order valence-electron chi connectivity index (χ2n) is 13.2. The number of carbonyl (C=O) groups excluding carboxylic acids is 1. The van der Waals surface area contributed by atoms with E-state index in [9.17, 15) is 14.0 Å². The lowest BCUT2D eigenvalue weighted by molar-refractivity contribution is 0.0523. The van der Waals surface area contributed by atoms with Gasteiger partial charge in [-0.1, -0.05) is 42.8 Å². The van der Waals surface area contributed by atoms with E-state index in [2.05, 4.69) is 60.2 Å². The first-order valence-electron chi connectivity index (χ1n) is 14.2. The minimum absolute atomic E-state index is 0.0307. The summed E-state index contributed by atoms with van der Waals surface area (Å²) in [6.45, 7) is 16.4. The molecule has 0 fully saturated rings. The molecule has 0 bridgehead atoms. The molecule has 4 aromatic rings. The van der Waals surface area contributed by atoms with Crippen LogP contribution < -0.4 is 10.9 Å². The van der Waals surface area contributed by atoms with Crippen LogP contribution in [0.5, 0.6) is 0 Å². The average Bonchev–Trinajstić information content (AvgIpc) is 3.25. The molecule has 2 aromatic heterocycles. The van der Waals surface area contributed by atoms with Crippen LogP contribution in [-0.4, -0.2) is 48.0 Å². The van der Waals surface area contributed by atoms with E-state index in [4.69, 9.17) is 9.16 Å². The van der Waals surface area contributed by atoms with Gasteiger partial charge in [0.15, 0.2) is 14.1 Å². The molecule has 0 saturated heterocycles. The number of carbonyl (C=O) groups is 1. The summed E-state index contributed by atoms with van der Waals surface area (Å²) in [5.74, 6) is 0.113. The number of nitrogens with zero attached hydrogens (tertiary/aromatic N) is 3. The Morgan fingerprint density at radius 1 is 1.05 bits per heavy atom. The number of anilines is 1. The molecule has 0 spiro atoms. The van der Waals surface area contributed by atoms with Crippen molar-refractivity contribution in [1.29, 1.82) is 0 Å². The molecule has 1 N–H and O–H groups in total. The number of aromatic nitrogens is 3. The molecule has 0 radical (unpaired) electrons. The second-order valence-corrected chi connectivity index (χ2v) is 18.9. The lowest BCUT2D eigenvalue weighted by Crippen LogP contribution is -2.43. The van der Waals surface area contributed by atoms with E-state index in [0.717, 1.165) is 5.56 Å². The van der Waals surface area contributed by atoms with E-state index in [0.29, 0.717) is 32.3 Å². The molecule has 0 amide bonds. The molecule has 1 atom stereocenters. The number of hydrogen-bond acceptors (Lipinski definition) is 6. The highest BCUT2D eigenvalue weighted by Gasteiger charge is 2.38. The van der Waals surface area contributed by atoms with Crippen LogP contribution in [0.15, 0.2) is 64.0 Å². The van der Waals surface area contributed by atoms with E-state index in [1.807, 2.05) is 24.3 Å². The van der Waals surface area contributed by atoms with Gasteiger partial charge in [-0.2, -0.15) is 4.68 Å². The van der Waals surface area contributed by atoms with Gasteiger partial charge < -0.3 is 19.0 Å². The summed E-state index contributed by atoms with van der Waals surface area (Å²) in [6, 6.07) is 13.0. The SMILES string of the molecule is CNc1nn(C(=O)OC(C)(C)C)c2ccc(-c3ccn(C(CO[Si](C)(C)C(C)(C)C)c4cc(F)cc(Br)c4)c(=O)c3)cc12. The summed E-state index contributed by atoms with van der Waals surface area (Å²) in [7, 11) is -0.436. The lowest BCUT2D eigenvalue weighted by Gasteiger charge is -2.37. The molecule has 0 aliphatic rings. The molecule has 2 aromatic carbocycles. The normalized spacial score (nSPS) is 13.3. The van der Waals surface area contributed by atoms with Crippen molar-refractivity contribution in [3.8, 4) is 11.1 Å². The van der Waals surface area contributed by atoms with Gasteiger partial charge in [-0.15, -0.1) is 5.10 Å². The van der Waals surface area contributed by atoms with Gasteiger partial charge in [-0.3, -0.25) is 4.79 Å². The van der Waals surface area contributed by atoms with Gasteiger partial charge in [0, 0.05) is 29.2 Å². The fourth-order valence-electron chi connectivity index (χ4n) is 4.46. The van der Waals surface area contributed by atoms with Gasteiger partial charge in [0.2, 0.25) is 0 Å². The van der Waals surface area contributed by atoms with Crippen LogP contribution in [-0.2, 0) is 9.16 Å². The summed E-state index contributed by atoms with van der Waals surface area (Å²) in [5, 5.41) is 8.12. The van der Waals surface area contributed by atoms with E-state index in [-0.39, 0.29) is 17.2 Å². The molecule has 43 heavy (non-hydrogen) atoms. The number of halogens is 2. The molecule has 230 valence electrons. The van der Waals surface area contributed by atoms with Crippen molar-refractivity contribution in [2.45, 2.75) is 71.3 Å². The minimum Gasteiger partial charge on any atom is -0.442 e. The van der Waals surface area contributed by atoms with Gasteiger partial charge in [0.05, 0.1) is 18.2 Å². The molecule has 0 saturated carbocycles. The van der Waals surface area contributed by atoms with Crippen molar-refractivity contribution >= 4 is 47.1 Å². The van der Waals surface area contributed by atoms with E-state index < -0.39 is 31.9 Å². The maximum Gasteiger partial charge on any atom is 0.435 e. The number of nitrogens with one attached hydrogen (secondary N) is 1. The van der Waals surface area contributed by atoms with Crippen molar-refractivity contribution in [2.75, 3.05) is 19.0 Å². The standard InChI is InChI=1S/C32H40BrFN4O4Si/c1-31(2,3)42-30(40)38-26-11-10-20(16-25(26)29(35-7)36-38)21-12-13-37(28(39)17-21)27(19-41-43(8,9)32(4,5)6)22-14-23(33)18-24(34)15-22/h10-18,27H,19H2,1-9H3,(H,35,36). The number of fused-ring (bicyclic) bond motifs is 1. The van der Waals surface area contributed by atoms with Crippen LogP contribution in [0.3, 0.4) is 0 Å². The van der Waals surface area contributed by atoms with Crippen LogP contribution in [0.25, 0.3) is 22.0 Å². The molecular weight excluding hydrogens is 631 g/mol. The zero-order valence-corrected chi connectivity index (χ0v) is 28.8. The Hall–Kier alpha value is -3.28. The summed E-state index contributed by atoms with van der Waals surface area (Å²) in [5.41, 5.74) is 1.76. The highest BCUT2D eigenvalue weighted by molar-refractivity contribution is 9.10. The third kappa shape index (κ3) is 7.27. The summed E-state index contributed by atoms with van der Waals surface area (Å²) in [4.78, 5) is 26.5. The summed E-state index contributed by atoms with van der Waals surface area (Å²) < 4.78 is 30.0. The third-order valence-electron chi connectivity index (χ3n) is 7.78. The van der Waals surface area contributed by atoms with Gasteiger partial charge in [-0.05, 0) is 92.0 Å². The van der Waals surface area contributed by atoms with Gasteiger partial charge in [0.25, 0.3) is 5.56 Å². The summed E-state index contributed by atoms with van der Waals surface area (Å²) >= 11 is 3.39. The Labute approximate surface area is 261 Å². The predicted octanol–water partition coefficient (Wildman–Crippen LogP) is 8.20. The third-order valence-corrected chi connectivity index (χ3v) is 12.7. The van der Waals surface area contributed by atoms with Crippen LogP contribution in [0.2, 0.25) is 18.1 Å². The van der Waals surface area contributed by atoms with E-state index in [1.54, 1.807) is 50.7 Å². The zero-order chi connectivity index (χ0) is 31.9.